The van der Waals surface area contributed by atoms with Gasteiger partial charge in [0.1, 0.15) is 11.5 Å². The molecule has 2 aromatic rings. The number of rotatable bonds is 1. The fraction of sp³-hybridized carbons (Fsp3) is 0.182. The van der Waals surface area contributed by atoms with Crippen LogP contribution in [-0.4, -0.2) is 15.0 Å². The van der Waals surface area contributed by atoms with Crippen LogP contribution in [0.15, 0.2) is 22.8 Å². The molecule has 0 spiro atoms. The molecule has 0 aromatic carbocycles. The standard InChI is InChI=1S/C11H11BrN4/c1-6-4-3-5-14-9(6)11-15-7(2)8(12)10(13)16-11/h3-5H,1-2H3,(H2,13,15,16). The summed E-state index contributed by atoms with van der Waals surface area (Å²) < 4.78 is 0.741. The van der Waals surface area contributed by atoms with Crippen molar-refractivity contribution in [3.05, 3.63) is 34.1 Å². The molecule has 0 bridgehead atoms. The lowest BCUT2D eigenvalue weighted by Crippen LogP contribution is -2.01. The molecular weight excluding hydrogens is 268 g/mol. The second-order valence-electron chi connectivity index (χ2n) is 3.50. The van der Waals surface area contributed by atoms with E-state index >= 15 is 0 Å². The van der Waals surface area contributed by atoms with Crippen molar-refractivity contribution in [1.29, 1.82) is 0 Å². The topological polar surface area (TPSA) is 64.7 Å². The molecule has 0 aliphatic heterocycles. The minimum atomic E-state index is 0.438. The van der Waals surface area contributed by atoms with Gasteiger partial charge in [-0.3, -0.25) is 4.98 Å². The van der Waals surface area contributed by atoms with Crippen LogP contribution in [0, 0.1) is 13.8 Å². The molecule has 0 atom stereocenters. The summed E-state index contributed by atoms with van der Waals surface area (Å²) in [6.45, 7) is 3.85. The van der Waals surface area contributed by atoms with E-state index in [0.29, 0.717) is 11.6 Å². The molecule has 0 aliphatic carbocycles. The van der Waals surface area contributed by atoms with Gasteiger partial charge in [0, 0.05) is 6.20 Å². The Labute approximate surface area is 102 Å². The first-order chi connectivity index (χ1) is 7.59. The minimum absolute atomic E-state index is 0.438. The Balaban J connectivity index is 2.62. The predicted molar refractivity (Wildman–Crippen MR) is 66.8 cm³/mol. The zero-order valence-corrected chi connectivity index (χ0v) is 10.6. The van der Waals surface area contributed by atoms with Crippen LogP contribution in [0.4, 0.5) is 5.82 Å². The van der Waals surface area contributed by atoms with E-state index in [4.69, 9.17) is 5.73 Å². The summed E-state index contributed by atoms with van der Waals surface area (Å²) in [5.41, 5.74) is 8.40. The van der Waals surface area contributed by atoms with Crippen molar-refractivity contribution in [2.24, 2.45) is 0 Å². The predicted octanol–water partition coefficient (Wildman–Crippen LogP) is 2.50. The van der Waals surface area contributed by atoms with Gasteiger partial charge in [0.25, 0.3) is 0 Å². The third-order valence-electron chi connectivity index (χ3n) is 2.26. The Morgan fingerprint density at radius 3 is 2.62 bits per heavy atom. The molecule has 0 unspecified atom stereocenters. The third-order valence-corrected chi connectivity index (χ3v) is 3.24. The zero-order valence-electron chi connectivity index (χ0n) is 9.03. The molecule has 4 nitrogen and oxygen atoms in total. The van der Waals surface area contributed by atoms with Crippen molar-refractivity contribution in [1.82, 2.24) is 15.0 Å². The number of anilines is 1. The smallest absolute Gasteiger partial charge is 0.180 e. The third kappa shape index (κ3) is 1.90. The molecule has 0 radical (unpaired) electrons. The van der Waals surface area contributed by atoms with E-state index in [9.17, 15) is 0 Å². The lowest BCUT2D eigenvalue weighted by Gasteiger charge is -2.06. The van der Waals surface area contributed by atoms with Crippen LogP contribution in [0.2, 0.25) is 0 Å². The zero-order chi connectivity index (χ0) is 11.7. The fourth-order valence-corrected chi connectivity index (χ4v) is 1.58. The van der Waals surface area contributed by atoms with E-state index in [1.54, 1.807) is 6.20 Å². The molecule has 0 amide bonds. The van der Waals surface area contributed by atoms with Gasteiger partial charge in [0.2, 0.25) is 0 Å². The molecular formula is C11H11BrN4. The Kier molecular flexibility index (Phi) is 2.87. The lowest BCUT2D eigenvalue weighted by molar-refractivity contribution is 1.07. The summed E-state index contributed by atoms with van der Waals surface area (Å²) in [4.78, 5) is 12.9. The molecule has 0 aliphatic rings. The number of halogens is 1. The van der Waals surface area contributed by atoms with Crippen LogP contribution in [0.1, 0.15) is 11.3 Å². The molecule has 16 heavy (non-hydrogen) atoms. The highest BCUT2D eigenvalue weighted by Crippen LogP contribution is 2.24. The van der Waals surface area contributed by atoms with E-state index in [1.807, 2.05) is 26.0 Å². The van der Waals surface area contributed by atoms with Crippen LogP contribution in [0.3, 0.4) is 0 Å². The molecule has 2 aromatic heterocycles. The first-order valence-electron chi connectivity index (χ1n) is 4.81. The second-order valence-corrected chi connectivity index (χ2v) is 4.29. The van der Waals surface area contributed by atoms with Crippen LogP contribution in [0.25, 0.3) is 11.5 Å². The van der Waals surface area contributed by atoms with Crippen molar-refractivity contribution in [2.75, 3.05) is 5.73 Å². The van der Waals surface area contributed by atoms with Crippen molar-refractivity contribution in [3.63, 3.8) is 0 Å². The SMILES string of the molecule is Cc1cccnc1-c1nc(C)c(Br)c(N)n1. The van der Waals surface area contributed by atoms with E-state index in [2.05, 4.69) is 30.9 Å². The van der Waals surface area contributed by atoms with Gasteiger partial charge < -0.3 is 5.73 Å². The summed E-state index contributed by atoms with van der Waals surface area (Å²) >= 11 is 3.33. The summed E-state index contributed by atoms with van der Waals surface area (Å²) in [6, 6.07) is 3.85. The summed E-state index contributed by atoms with van der Waals surface area (Å²) in [6.07, 6.45) is 1.72. The molecule has 2 heterocycles. The Morgan fingerprint density at radius 1 is 1.25 bits per heavy atom. The largest absolute Gasteiger partial charge is 0.383 e. The Hall–Kier alpha value is -1.49. The van der Waals surface area contributed by atoms with E-state index in [1.165, 1.54) is 0 Å². The van der Waals surface area contributed by atoms with Crippen LogP contribution in [0.5, 0.6) is 0 Å². The molecule has 82 valence electrons. The number of hydrogen-bond donors (Lipinski definition) is 1. The number of aryl methyl sites for hydroxylation is 2. The summed E-state index contributed by atoms with van der Waals surface area (Å²) in [7, 11) is 0. The van der Waals surface area contributed by atoms with Crippen molar-refractivity contribution in [3.8, 4) is 11.5 Å². The molecule has 0 fully saturated rings. The van der Waals surface area contributed by atoms with Crippen molar-refractivity contribution >= 4 is 21.7 Å². The lowest BCUT2D eigenvalue weighted by atomic mass is 10.2. The second kappa shape index (κ2) is 4.17. The highest BCUT2D eigenvalue weighted by molar-refractivity contribution is 9.10. The van der Waals surface area contributed by atoms with Crippen LogP contribution in [-0.2, 0) is 0 Å². The number of nitrogen functional groups attached to an aromatic ring is 1. The number of aromatic nitrogens is 3. The van der Waals surface area contributed by atoms with Gasteiger partial charge in [-0.15, -0.1) is 0 Å². The first-order valence-corrected chi connectivity index (χ1v) is 5.60. The maximum atomic E-state index is 5.78. The van der Waals surface area contributed by atoms with Crippen LogP contribution >= 0.6 is 15.9 Å². The average Bonchev–Trinajstić information content (AvgIpc) is 2.26. The van der Waals surface area contributed by atoms with Gasteiger partial charge in [-0.1, -0.05) is 6.07 Å². The molecule has 0 saturated carbocycles. The highest BCUT2D eigenvalue weighted by Gasteiger charge is 2.10. The molecule has 2 N–H and O–H groups in total. The van der Waals surface area contributed by atoms with E-state index < -0.39 is 0 Å². The maximum absolute atomic E-state index is 5.78. The van der Waals surface area contributed by atoms with Gasteiger partial charge in [0.15, 0.2) is 5.82 Å². The normalized spacial score (nSPS) is 10.4. The highest BCUT2D eigenvalue weighted by atomic mass is 79.9. The summed E-state index contributed by atoms with van der Waals surface area (Å²) in [5, 5.41) is 0. The van der Waals surface area contributed by atoms with Gasteiger partial charge in [0.05, 0.1) is 10.2 Å². The number of nitrogens with two attached hydrogens (primary N) is 1. The van der Waals surface area contributed by atoms with E-state index in [0.717, 1.165) is 21.4 Å². The fourth-order valence-electron chi connectivity index (χ4n) is 1.41. The van der Waals surface area contributed by atoms with Crippen LogP contribution < -0.4 is 5.73 Å². The first kappa shape index (κ1) is 11.0. The van der Waals surface area contributed by atoms with Gasteiger partial charge >= 0.3 is 0 Å². The summed E-state index contributed by atoms with van der Waals surface area (Å²) in [5.74, 6) is 1.00. The van der Waals surface area contributed by atoms with Gasteiger partial charge in [-0.2, -0.15) is 0 Å². The molecule has 0 saturated heterocycles. The van der Waals surface area contributed by atoms with Crippen molar-refractivity contribution in [2.45, 2.75) is 13.8 Å². The Bertz CT molecular complexity index is 516. The Morgan fingerprint density at radius 2 is 2.00 bits per heavy atom. The monoisotopic (exact) mass is 278 g/mol. The van der Waals surface area contributed by atoms with Crippen molar-refractivity contribution < 1.29 is 0 Å². The number of pyridine rings is 1. The molecule has 5 heteroatoms. The average molecular weight is 279 g/mol. The number of hydrogen-bond acceptors (Lipinski definition) is 4. The molecule has 2 rings (SSSR count). The quantitative estimate of drug-likeness (QED) is 0.871. The minimum Gasteiger partial charge on any atom is -0.383 e. The van der Waals surface area contributed by atoms with Gasteiger partial charge in [-0.05, 0) is 41.4 Å². The maximum Gasteiger partial charge on any atom is 0.180 e. The number of nitrogens with zero attached hydrogens (tertiary/aromatic N) is 3. The van der Waals surface area contributed by atoms with E-state index in [-0.39, 0.29) is 0 Å². The van der Waals surface area contributed by atoms with Gasteiger partial charge in [-0.25, -0.2) is 9.97 Å².